The molecule has 0 aromatic heterocycles. The molecule has 1 N–H and O–H groups in total. The summed E-state index contributed by atoms with van der Waals surface area (Å²) in [6.07, 6.45) is 9.24. The van der Waals surface area contributed by atoms with Gasteiger partial charge in [0.15, 0.2) is 0 Å². The van der Waals surface area contributed by atoms with Crippen molar-refractivity contribution in [3.8, 4) is 5.75 Å². The average molecular weight is 387 g/mol. The number of ether oxygens (including phenoxy) is 1. The first-order valence-electron chi connectivity index (χ1n) is 10.9. The number of rotatable bonds is 6. The van der Waals surface area contributed by atoms with E-state index in [1.54, 1.807) is 4.90 Å². The number of hydrogen-bond donors (Lipinski definition) is 1. The molecule has 2 fully saturated rings. The minimum Gasteiger partial charge on any atom is -0.494 e. The molecule has 0 radical (unpaired) electrons. The van der Waals surface area contributed by atoms with Gasteiger partial charge in [-0.3, -0.25) is 9.59 Å². The Kier molecular flexibility index (Phi) is 6.97. The lowest BCUT2D eigenvalue weighted by Gasteiger charge is -2.36. The van der Waals surface area contributed by atoms with Gasteiger partial charge < -0.3 is 15.0 Å². The maximum Gasteiger partial charge on any atom is 0.245 e. The van der Waals surface area contributed by atoms with E-state index in [1.807, 2.05) is 38.1 Å². The van der Waals surface area contributed by atoms with E-state index >= 15 is 0 Å². The highest BCUT2D eigenvalue weighted by Crippen LogP contribution is 2.34. The van der Waals surface area contributed by atoms with Gasteiger partial charge in [-0.1, -0.05) is 50.3 Å². The number of carbonyl (C=O) groups excluding carboxylic acids is 2. The van der Waals surface area contributed by atoms with Crippen LogP contribution in [0, 0.1) is 0 Å². The normalized spacial score (nSPS) is 23.9. The largest absolute Gasteiger partial charge is 0.494 e. The number of nitrogens with one attached hydrogen (secondary N) is 1. The maximum absolute atomic E-state index is 13.3. The molecule has 1 saturated carbocycles. The lowest BCUT2D eigenvalue weighted by atomic mass is 9.93. The molecular weight excluding hydrogens is 352 g/mol. The minimum absolute atomic E-state index is 0.00202. The zero-order valence-electron chi connectivity index (χ0n) is 17.3. The molecule has 1 atom stereocenters. The molecule has 1 aliphatic heterocycles. The lowest BCUT2D eigenvalue weighted by molar-refractivity contribution is -0.141. The zero-order valence-corrected chi connectivity index (χ0v) is 17.3. The Labute approximate surface area is 168 Å². The van der Waals surface area contributed by atoms with Gasteiger partial charge in [0, 0.05) is 18.0 Å². The molecule has 2 amide bonds. The van der Waals surface area contributed by atoms with E-state index in [-0.39, 0.29) is 17.9 Å². The standard InChI is InChI=1S/C23H34N2O3/c1-3-28-20-14-10-9-11-18(20)17-25-21(26)15-16-23(25,2)22(27)24-19-12-7-5-4-6-8-13-19/h9-11,14,19H,3-8,12-13,15-17H2,1-2H3,(H,24,27)/t23-/m1/s1. The first kappa shape index (κ1) is 20.7. The summed E-state index contributed by atoms with van der Waals surface area (Å²) in [6.45, 7) is 4.85. The topological polar surface area (TPSA) is 58.6 Å². The molecule has 3 rings (SSSR count). The van der Waals surface area contributed by atoms with Crippen molar-refractivity contribution in [3.63, 3.8) is 0 Å². The van der Waals surface area contributed by atoms with Crippen LogP contribution in [0.1, 0.15) is 77.2 Å². The van der Waals surface area contributed by atoms with Crippen LogP contribution >= 0.6 is 0 Å². The maximum atomic E-state index is 13.3. The van der Waals surface area contributed by atoms with Gasteiger partial charge in [0.25, 0.3) is 0 Å². The molecule has 5 heteroatoms. The van der Waals surface area contributed by atoms with Gasteiger partial charge in [0.1, 0.15) is 11.3 Å². The second kappa shape index (κ2) is 9.44. The van der Waals surface area contributed by atoms with Crippen LogP contribution in [0.25, 0.3) is 0 Å². The Morgan fingerprint density at radius 2 is 1.86 bits per heavy atom. The molecule has 0 unspecified atom stereocenters. The summed E-state index contributed by atoms with van der Waals surface area (Å²) in [6, 6.07) is 8.01. The summed E-state index contributed by atoms with van der Waals surface area (Å²) >= 11 is 0. The highest BCUT2D eigenvalue weighted by Gasteiger charge is 2.47. The minimum atomic E-state index is -0.793. The van der Waals surface area contributed by atoms with Gasteiger partial charge >= 0.3 is 0 Å². The average Bonchev–Trinajstić information content (AvgIpc) is 2.95. The van der Waals surface area contributed by atoms with E-state index in [1.165, 1.54) is 32.1 Å². The van der Waals surface area contributed by atoms with Gasteiger partial charge in [0.2, 0.25) is 11.8 Å². The number of carbonyl (C=O) groups is 2. The predicted molar refractivity (Wildman–Crippen MR) is 110 cm³/mol. The fraction of sp³-hybridized carbons (Fsp3) is 0.652. The van der Waals surface area contributed by atoms with E-state index in [9.17, 15) is 9.59 Å². The molecule has 28 heavy (non-hydrogen) atoms. The first-order chi connectivity index (χ1) is 13.5. The summed E-state index contributed by atoms with van der Waals surface area (Å²) < 4.78 is 5.72. The van der Waals surface area contributed by atoms with E-state index < -0.39 is 5.54 Å². The molecule has 5 nitrogen and oxygen atoms in total. The van der Waals surface area contributed by atoms with Gasteiger partial charge in [-0.2, -0.15) is 0 Å². The molecule has 1 aliphatic carbocycles. The van der Waals surface area contributed by atoms with Crippen molar-refractivity contribution >= 4 is 11.8 Å². The van der Waals surface area contributed by atoms with Crippen molar-refractivity contribution in [2.24, 2.45) is 0 Å². The van der Waals surface area contributed by atoms with Gasteiger partial charge in [-0.25, -0.2) is 0 Å². The molecule has 0 bridgehead atoms. The van der Waals surface area contributed by atoms with Crippen LogP contribution in [0.4, 0.5) is 0 Å². The van der Waals surface area contributed by atoms with Crippen LogP contribution in [0.3, 0.4) is 0 Å². The van der Waals surface area contributed by atoms with Crippen molar-refractivity contribution in [1.29, 1.82) is 0 Å². The number of hydrogen-bond acceptors (Lipinski definition) is 3. The Bertz CT molecular complexity index is 682. The third-order valence-electron chi connectivity index (χ3n) is 6.25. The van der Waals surface area contributed by atoms with Crippen molar-refractivity contribution in [2.75, 3.05) is 6.61 Å². The second-order valence-corrected chi connectivity index (χ2v) is 8.31. The summed E-state index contributed by atoms with van der Waals surface area (Å²) in [5.41, 5.74) is 0.156. The number of likely N-dealkylation sites (tertiary alicyclic amines) is 1. The zero-order chi connectivity index (χ0) is 20.0. The Morgan fingerprint density at radius 3 is 2.57 bits per heavy atom. The smallest absolute Gasteiger partial charge is 0.245 e. The van der Waals surface area contributed by atoms with E-state index in [2.05, 4.69) is 5.32 Å². The van der Waals surface area contributed by atoms with Gasteiger partial charge in [-0.05, 0) is 39.2 Å². The molecule has 154 valence electrons. The SMILES string of the molecule is CCOc1ccccc1CN1C(=O)CC[C@]1(C)C(=O)NC1CCCCCCC1. The summed E-state index contributed by atoms with van der Waals surface area (Å²) in [5.74, 6) is 0.826. The first-order valence-corrected chi connectivity index (χ1v) is 10.9. The number of para-hydroxylation sites is 1. The Morgan fingerprint density at radius 1 is 1.18 bits per heavy atom. The van der Waals surface area contributed by atoms with E-state index in [0.29, 0.717) is 26.0 Å². The van der Waals surface area contributed by atoms with E-state index in [4.69, 9.17) is 4.74 Å². The Hall–Kier alpha value is -2.04. The quantitative estimate of drug-likeness (QED) is 0.797. The van der Waals surface area contributed by atoms with Crippen LogP contribution in [0.15, 0.2) is 24.3 Å². The predicted octanol–water partition coefficient (Wildman–Crippen LogP) is 4.20. The Balaban J connectivity index is 1.73. The highest BCUT2D eigenvalue weighted by atomic mass is 16.5. The molecule has 1 aromatic rings. The summed E-state index contributed by atoms with van der Waals surface area (Å²) in [7, 11) is 0. The van der Waals surface area contributed by atoms with Crippen molar-refractivity contribution in [2.45, 2.75) is 89.8 Å². The monoisotopic (exact) mass is 386 g/mol. The highest BCUT2D eigenvalue weighted by molar-refractivity contribution is 5.94. The molecule has 2 aliphatic rings. The molecule has 1 saturated heterocycles. The summed E-state index contributed by atoms with van der Waals surface area (Å²) in [5, 5.41) is 3.28. The van der Waals surface area contributed by atoms with Crippen molar-refractivity contribution in [3.05, 3.63) is 29.8 Å². The van der Waals surface area contributed by atoms with Crippen molar-refractivity contribution < 1.29 is 14.3 Å². The van der Waals surface area contributed by atoms with Crippen LogP contribution in [0.2, 0.25) is 0 Å². The summed E-state index contributed by atoms with van der Waals surface area (Å²) in [4.78, 5) is 27.7. The molecule has 0 spiro atoms. The second-order valence-electron chi connectivity index (χ2n) is 8.31. The van der Waals surface area contributed by atoms with Crippen LogP contribution in [-0.4, -0.2) is 34.9 Å². The van der Waals surface area contributed by atoms with Gasteiger partial charge in [-0.15, -0.1) is 0 Å². The number of nitrogens with zero attached hydrogens (tertiary/aromatic N) is 1. The van der Waals surface area contributed by atoms with Crippen LogP contribution < -0.4 is 10.1 Å². The fourth-order valence-corrected chi connectivity index (χ4v) is 4.44. The fourth-order valence-electron chi connectivity index (χ4n) is 4.44. The van der Waals surface area contributed by atoms with Crippen LogP contribution in [-0.2, 0) is 16.1 Å². The number of amides is 2. The number of benzene rings is 1. The van der Waals surface area contributed by atoms with Crippen molar-refractivity contribution in [1.82, 2.24) is 10.2 Å². The molecule has 1 heterocycles. The molecular formula is C23H34N2O3. The molecule has 1 aromatic carbocycles. The van der Waals surface area contributed by atoms with E-state index in [0.717, 1.165) is 24.2 Å². The third kappa shape index (κ3) is 4.68. The van der Waals surface area contributed by atoms with Crippen LogP contribution in [0.5, 0.6) is 5.75 Å². The lowest BCUT2D eigenvalue weighted by Crippen LogP contribution is -2.56. The van der Waals surface area contributed by atoms with Gasteiger partial charge in [0.05, 0.1) is 13.2 Å². The third-order valence-corrected chi connectivity index (χ3v) is 6.25.